The normalized spacial score (nSPS) is 10.7. The maximum atomic E-state index is 13.4. The van der Waals surface area contributed by atoms with E-state index < -0.39 is 0 Å². The number of pyridine rings is 1. The summed E-state index contributed by atoms with van der Waals surface area (Å²) in [5, 5.41) is 6.59. The summed E-state index contributed by atoms with van der Waals surface area (Å²) in [5.41, 5.74) is 6.08. The number of benzene rings is 3. The number of anilines is 1. The van der Waals surface area contributed by atoms with Gasteiger partial charge in [0.15, 0.2) is 0 Å². The van der Waals surface area contributed by atoms with E-state index in [1.54, 1.807) is 30.1 Å². The van der Waals surface area contributed by atoms with Crippen LogP contribution >= 0.6 is 23.4 Å². The van der Waals surface area contributed by atoms with Gasteiger partial charge < -0.3 is 5.32 Å². The molecule has 0 bridgehead atoms. The maximum absolute atomic E-state index is 13.4. The Labute approximate surface area is 207 Å². The van der Waals surface area contributed by atoms with Crippen molar-refractivity contribution < 1.29 is 4.79 Å². The lowest BCUT2D eigenvalue weighted by Crippen LogP contribution is -2.13. The van der Waals surface area contributed by atoms with Crippen LogP contribution in [0.5, 0.6) is 0 Å². The van der Waals surface area contributed by atoms with Crippen LogP contribution in [-0.4, -0.2) is 17.1 Å². The van der Waals surface area contributed by atoms with Crippen LogP contribution < -0.4 is 5.32 Å². The van der Waals surface area contributed by atoms with E-state index in [9.17, 15) is 9.70 Å². The van der Waals surface area contributed by atoms with Crippen LogP contribution in [0.2, 0.25) is 5.02 Å². The molecule has 0 aliphatic carbocycles. The first-order valence-electron chi connectivity index (χ1n) is 10.6. The van der Waals surface area contributed by atoms with Crippen molar-refractivity contribution in [3.63, 3.8) is 0 Å². The molecule has 4 rings (SSSR count). The lowest BCUT2D eigenvalue weighted by atomic mass is 9.95. The SMILES string of the molecule is CSc1ccc(C(=O)Nc2ccc(Cl)c(-c3ccccn3)c2)c(-c2ccc(C)c(CN=O)c2)c1. The largest absolute Gasteiger partial charge is 0.322 e. The summed E-state index contributed by atoms with van der Waals surface area (Å²) in [6.07, 6.45) is 3.69. The second-order valence-electron chi connectivity index (χ2n) is 7.70. The highest BCUT2D eigenvalue weighted by Crippen LogP contribution is 2.32. The minimum absolute atomic E-state index is 0.0878. The fourth-order valence-electron chi connectivity index (χ4n) is 3.69. The van der Waals surface area contributed by atoms with Crippen LogP contribution in [0.4, 0.5) is 5.69 Å². The molecule has 3 aromatic carbocycles. The maximum Gasteiger partial charge on any atom is 0.256 e. The summed E-state index contributed by atoms with van der Waals surface area (Å²) in [4.78, 5) is 29.7. The average Bonchev–Trinajstić information content (AvgIpc) is 2.86. The van der Waals surface area contributed by atoms with E-state index in [1.807, 2.05) is 73.8 Å². The van der Waals surface area contributed by atoms with Gasteiger partial charge in [-0.25, -0.2) is 0 Å². The molecule has 0 aliphatic heterocycles. The molecule has 7 heteroatoms. The van der Waals surface area contributed by atoms with Crippen LogP contribution in [0.1, 0.15) is 21.5 Å². The number of amides is 1. The van der Waals surface area contributed by atoms with Gasteiger partial charge >= 0.3 is 0 Å². The van der Waals surface area contributed by atoms with Crippen molar-refractivity contribution in [3.8, 4) is 22.4 Å². The number of carbonyl (C=O) groups excluding carboxylic acids is 1. The molecule has 34 heavy (non-hydrogen) atoms. The zero-order valence-corrected chi connectivity index (χ0v) is 20.3. The summed E-state index contributed by atoms with van der Waals surface area (Å²) in [6.45, 7) is 2.03. The molecule has 0 spiro atoms. The van der Waals surface area contributed by atoms with E-state index in [1.165, 1.54) is 0 Å². The van der Waals surface area contributed by atoms with Gasteiger partial charge in [-0.1, -0.05) is 35.0 Å². The standard InChI is InChI=1S/C27H22ClN3O2S/c1-17-6-7-18(13-19(17)16-30-33)23-15-21(34-2)9-10-22(23)27(32)31-20-8-11-25(28)24(14-20)26-5-3-4-12-29-26/h3-15H,16H2,1-2H3,(H,31,32). The van der Waals surface area contributed by atoms with E-state index >= 15 is 0 Å². The number of nitrogens with zero attached hydrogens (tertiary/aromatic N) is 2. The van der Waals surface area contributed by atoms with Crippen LogP contribution in [-0.2, 0) is 6.54 Å². The van der Waals surface area contributed by atoms with Gasteiger partial charge in [-0.2, -0.15) is 4.91 Å². The molecule has 4 aromatic rings. The zero-order chi connectivity index (χ0) is 24.1. The molecule has 0 saturated heterocycles. The molecular formula is C27H22ClN3O2S. The Bertz CT molecular complexity index is 1360. The third kappa shape index (κ3) is 5.19. The van der Waals surface area contributed by atoms with Crippen molar-refractivity contribution in [2.75, 3.05) is 11.6 Å². The molecule has 1 N–H and O–H groups in total. The lowest BCUT2D eigenvalue weighted by molar-refractivity contribution is 0.102. The molecule has 0 fully saturated rings. The van der Waals surface area contributed by atoms with Crippen molar-refractivity contribution in [2.24, 2.45) is 5.18 Å². The highest BCUT2D eigenvalue weighted by Gasteiger charge is 2.16. The Balaban J connectivity index is 1.71. The van der Waals surface area contributed by atoms with Crippen LogP contribution in [0, 0.1) is 11.8 Å². The second-order valence-corrected chi connectivity index (χ2v) is 8.99. The minimum atomic E-state index is -0.243. The first kappa shape index (κ1) is 23.7. The zero-order valence-electron chi connectivity index (χ0n) is 18.7. The third-order valence-corrected chi connectivity index (χ3v) is 6.59. The molecule has 170 valence electrons. The highest BCUT2D eigenvalue weighted by molar-refractivity contribution is 7.98. The number of rotatable bonds is 7. The van der Waals surface area contributed by atoms with Crippen molar-refractivity contribution in [1.82, 2.24) is 4.98 Å². The lowest BCUT2D eigenvalue weighted by Gasteiger charge is -2.14. The van der Waals surface area contributed by atoms with Crippen LogP contribution in [0.25, 0.3) is 22.4 Å². The van der Waals surface area contributed by atoms with Crippen molar-refractivity contribution >= 4 is 35.0 Å². The van der Waals surface area contributed by atoms with Gasteiger partial charge in [0, 0.05) is 27.9 Å². The number of halogens is 1. The molecule has 0 aliphatic rings. The average molecular weight is 488 g/mol. The smallest absolute Gasteiger partial charge is 0.256 e. The highest BCUT2D eigenvalue weighted by atomic mass is 35.5. The number of nitroso groups, excluding NO2 is 1. The Morgan fingerprint density at radius 2 is 1.88 bits per heavy atom. The number of carbonyl (C=O) groups is 1. The molecule has 0 saturated carbocycles. The summed E-state index contributed by atoms with van der Waals surface area (Å²) < 4.78 is 0. The monoisotopic (exact) mass is 487 g/mol. The molecule has 0 atom stereocenters. The Morgan fingerprint density at radius 3 is 2.62 bits per heavy atom. The van der Waals surface area contributed by atoms with Gasteiger partial charge in [-0.3, -0.25) is 9.78 Å². The van der Waals surface area contributed by atoms with Gasteiger partial charge in [-0.05, 0) is 90.0 Å². The van der Waals surface area contributed by atoms with Crippen molar-refractivity contribution in [2.45, 2.75) is 18.4 Å². The van der Waals surface area contributed by atoms with Gasteiger partial charge in [0.25, 0.3) is 5.91 Å². The Hall–Kier alpha value is -3.48. The molecule has 5 nitrogen and oxygen atoms in total. The van der Waals surface area contributed by atoms with Crippen molar-refractivity contribution in [3.05, 3.63) is 106 Å². The number of aromatic nitrogens is 1. The van der Waals surface area contributed by atoms with Gasteiger partial charge in [0.1, 0.15) is 6.54 Å². The fourth-order valence-corrected chi connectivity index (χ4v) is 4.34. The van der Waals surface area contributed by atoms with Crippen LogP contribution in [0.3, 0.4) is 0 Å². The Kier molecular flexibility index (Phi) is 7.40. The first-order valence-corrected chi connectivity index (χ1v) is 12.2. The minimum Gasteiger partial charge on any atom is -0.322 e. The Morgan fingerprint density at radius 1 is 1.03 bits per heavy atom. The number of hydrogen-bond donors (Lipinski definition) is 1. The summed E-state index contributed by atoms with van der Waals surface area (Å²) in [6, 6.07) is 22.5. The summed E-state index contributed by atoms with van der Waals surface area (Å²) in [5.74, 6) is -0.243. The van der Waals surface area contributed by atoms with E-state index in [4.69, 9.17) is 11.6 Å². The van der Waals surface area contributed by atoms with E-state index in [2.05, 4.69) is 15.5 Å². The van der Waals surface area contributed by atoms with Crippen molar-refractivity contribution in [1.29, 1.82) is 0 Å². The molecule has 0 radical (unpaired) electrons. The summed E-state index contributed by atoms with van der Waals surface area (Å²) >= 11 is 7.99. The predicted molar refractivity (Wildman–Crippen MR) is 141 cm³/mol. The number of aryl methyl sites for hydroxylation is 1. The van der Waals surface area contributed by atoms with Gasteiger partial charge in [0.2, 0.25) is 0 Å². The predicted octanol–water partition coefficient (Wildman–Crippen LogP) is 7.62. The number of hydrogen-bond acceptors (Lipinski definition) is 5. The third-order valence-electron chi connectivity index (χ3n) is 5.53. The topological polar surface area (TPSA) is 71.4 Å². The number of nitrogens with one attached hydrogen (secondary N) is 1. The molecular weight excluding hydrogens is 466 g/mol. The van der Waals surface area contributed by atoms with E-state index in [0.29, 0.717) is 16.3 Å². The quantitative estimate of drug-likeness (QED) is 0.215. The molecule has 0 unspecified atom stereocenters. The van der Waals surface area contributed by atoms with E-state index in [0.717, 1.165) is 38.4 Å². The molecule has 1 amide bonds. The molecule has 1 aromatic heterocycles. The second kappa shape index (κ2) is 10.6. The molecule has 1 heterocycles. The fraction of sp³-hybridized carbons (Fsp3) is 0.111. The van der Waals surface area contributed by atoms with Crippen LogP contribution in [0.15, 0.2) is 89.1 Å². The number of thioether (sulfide) groups is 1. The van der Waals surface area contributed by atoms with Gasteiger partial charge in [0.05, 0.1) is 10.7 Å². The summed E-state index contributed by atoms with van der Waals surface area (Å²) in [7, 11) is 0. The van der Waals surface area contributed by atoms with E-state index in [-0.39, 0.29) is 12.5 Å². The first-order chi connectivity index (χ1) is 16.5. The van der Waals surface area contributed by atoms with Gasteiger partial charge in [-0.15, -0.1) is 11.8 Å².